The molecule has 0 saturated carbocycles. The molecule has 2 unspecified atom stereocenters. The molecule has 1 aromatic carbocycles. The Hall–Kier alpha value is -2.86. The number of hydrogen-bond donors (Lipinski definition) is 1. The summed E-state index contributed by atoms with van der Waals surface area (Å²) in [4.78, 5) is 37.8. The van der Waals surface area contributed by atoms with Gasteiger partial charge in [-0.25, -0.2) is 9.88 Å². The Balaban J connectivity index is 1.63. The van der Waals surface area contributed by atoms with Crippen molar-refractivity contribution in [1.82, 2.24) is 4.98 Å². The Morgan fingerprint density at radius 2 is 2.04 bits per heavy atom. The van der Waals surface area contributed by atoms with Crippen molar-refractivity contribution in [1.29, 1.82) is 0 Å². The molecule has 0 spiro atoms. The van der Waals surface area contributed by atoms with Crippen LogP contribution in [-0.2, 0) is 4.79 Å². The Morgan fingerprint density at radius 3 is 2.82 bits per heavy atom. The van der Waals surface area contributed by atoms with E-state index in [4.69, 9.17) is 0 Å². The molecule has 0 radical (unpaired) electrons. The number of aromatic nitrogens is 1. The highest BCUT2D eigenvalue weighted by atomic mass is 16.2. The minimum Gasteiger partial charge on any atom is -0.331 e. The standard InChI is InChI=1S/C22H24N4O2/c1-2-25-13-7-8-16(25)14-23-15-19-17-9-3-4-10-18(17)21(27)26(22(19)28)20-11-5-6-12-24-20/h3-6,9-12,15-16,19H,2,7-8,13-14H2,1H3/p+1/t16-,19?/m1/s1. The molecule has 0 aliphatic carbocycles. The highest BCUT2D eigenvalue weighted by molar-refractivity contribution is 6.28. The zero-order valence-corrected chi connectivity index (χ0v) is 16.0. The lowest BCUT2D eigenvalue weighted by Gasteiger charge is -2.30. The molecule has 1 saturated heterocycles. The molecule has 2 aromatic rings. The van der Waals surface area contributed by atoms with Crippen molar-refractivity contribution in [3.63, 3.8) is 0 Å². The highest BCUT2D eigenvalue weighted by Crippen LogP contribution is 2.30. The number of hydrogen-bond acceptors (Lipinski definition) is 4. The van der Waals surface area contributed by atoms with Crippen molar-refractivity contribution in [2.24, 2.45) is 4.99 Å². The quantitative estimate of drug-likeness (QED) is 0.634. The van der Waals surface area contributed by atoms with Crippen LogP contribution in [0.4, 0.5) is 5.82 Å². The number of fused-ring (bicyclic) bond motifs is 1. The number of aliphatic imine (C=N–C) groups is 1. The van der Waals surface area contributed by atoms with Crippen LogP contribution in [0, 0.1) is 0 Å². The third-order valence-corrected chi connectivity index (χ3v) is 5.76. The topological polar surface area (TPSA) is 67.1 Å². The predicted octanol–water partition coefficient (Wildman–Crippen LogP) is 1.49. The Labute approximate surface area is 164 Å². The molecule has 6 heteroatoms. The van der Waals surface area contributed by atoms with Gasteiger partial charge >= 0.3 is 0 Å². The first-order valence-corrected chi connectivity index (χ1v) is 9.93. The minimum atomic E-state index is -0.567. The van der Waals surface area contributed by atoms with E-state index < -0.39 is 5.92 Å². The van der Waals surface area contributed by atoms with Crippen molar-refractivity contribution < 1.29 is 14.5 Å². The maximum absolute atomic E-state index is 13.2. The van der Waals surface area contributed by atoms with Gasteiger partial charge in [-0.2, -0.15) is 0 Å². The minimum absolute atomic E-state index is 0.294. The smallest absolute Gasteiger partial charge is 0.266 e. The first-order chi connectivity index (χ1) is 13.7. The Kier molecular flexibility index (Phi) is 5.30. The number of likely N-dealkylation sites (N-methyl/N-ethyl adjacent to an activating group) is 1. The van der Waals surface area contributed by atoms with Gasteiger partial charge in [0.25, 0.3) is 5.91 Å². The van der Waals surface area contributed by atoms with Crippen LogP contribution in [0.1, 0.15) is 41.6 Å². The van der Waals surface area contributed by atoms with Crippen molar-refractivity contribution >= 4 is 23.8 Å². The van der Waals surface area contributed by atoms with E-state index in [1.165, 1.54) is 24.3 Å². The fraction of sp³-hybridized carbons (Fsp3) is 0.364. The van der Waals surface area contributed by atoms with Gasteiger partial charge in [-0.3, -0.25) is 14.6 Å². The number of anilines is 1. The van der Waals surface area contributed by atoms with Crippen LogP contribution >= 0.6 is 0 Å². The number of likely N-dealkylation sites (tertiary alicyclic amines) is 1. The maximum atomic E-state index is 13.2. The average Bonchev–Trinajstić information content (AvgIpc) is 3.19. The van der Waals surface area contributed by atoms with Gasteiger partial charge in [0.2, 0.25) is 5.91 Å². The number of pyridine rings is 1. The van der Waals surface area contributed by atoms with E-state index in [0.29, 0.717) is 24.0 Å². The van der Waals surface area contributed by atoms with Crippen LogP contribution < -0.4 is 9.80 Å². The second-order valence-corrected chi connectivity index (χ2v) is 7.35. The molecular formula is C22H25N4O2+. The fourth-order valence-electron chi connectivity index (χ4n) is 4.27. The van der Waals surface area contributed by atoms with Crippen molar-refractivity contribution in [2.45, 2.75) is 31.7 Å². The second kappa shape index (κ2) is 8.02. The summed E-state index contributed by atoms with van der Waals surface area (Å²) < 4.78 is 0. The number of carbonyl (C=O) groups is 2. The number of nitrogens with zero attached hydrogens (tertiary/aromatic N) is 3. The molecule has 28 heavy (non-hydrogen) atoms. The van der Waals surface area contributed by atoms with E-state index in [1.54, 1.807) is 41.6 Å². The van der Waals surface area contributed by atoms with Crippen LogP contribution in [0.25, 0.3) is 0 Å². The van der Waals surface area contributed by atoms with Crippen LogP contribution in [0.3, 0.4) is 0 Å². The van der Waals surface area contributed by atoms with Gasteiger partial charge in [-0.15, -0.1) is 0 Å². The zero-order chi connectivity index (χ0) is 19.5. The van der Waals surface area contributed by atoms with E-state index >= 15 is 0 Å². The Morgan fingerprint density at radius 1 is 1.21 bits per heavy atom. The van der Waals surface area contributed by atoms with Gasteiger partial charge in [0.1, 0.15) is 11.9 Å². The van der Waals surface area contributed by atoms with Gasteiger partial charge in [0, 0.05) is 30.8 Å². The molecule has 1 fully saturated rings. The fourth-order valence-corrected chi connectivity index (χ4v) is 4.27. The number of benzene rings is 1. The van der Waals surface area contributed by atoms with Crippen LogP contribution in [0.5, 0.6) is 0 Å². The normalized spacial score (nSPS) is 24.8. The number of rotatable bonds is 5. The second-order valence-electron chi connectivity index (χ2n) is 7.35. The largest absolute Gasteiger partial charge is 0.331 e. The Bertz CT molecular complexity index is 896. The highest BCUT2D eigenvalue weighted by Gasteiger charge is 2.39. The number of nitrogens with one attached hydrogen (secondary N) is 1. The summed E-state index contributed by atoms with van der Waals surface area (Å²) in [5.41, 5.74) is 1.26. The molecule has 3 heterocycles. The summed E-state index contributed by atoms with van der Waals surface area (Å²) in [5, 5.41) is 0. The molecular weight excluding hydrogens is 352 g/mol. The molecule has 2 aliphatic heterocycles. The summed E-state index contributed by atoms with van der Waals surface area (Å²) in [5.74, 6) is -0.844. The number of carbonyl (C=O) groups excluding carboxylic acids is 2. The van der Waals surface area contributed by atoms with Crippen LogP contribution in [0.15, 0.2) is 53.7 Å². The predicted molar refractivity (Wildman–Crippen MR) is 108 cm³/mol. The van der Waals surface area contributed by atoms with Crippen LogP contribution in [-0.4, -0.2) is 48.7 Å². The molecule has 4 rings (SSSR count). The van der Waals surface area contributed by atoms with E-state index in [2.05, 4.69) is 16.9 Å². The number of amides is 2. The van der Waals surface area contributed by atoms with Crippen molar-refractivity contribution in [3.05, 3.63) is 59.8 Å². The van der Waals surface area contributed by atoms with Crippen molar-refractivity contribution in [3.8, 4) is 0 Å². The summed E-state index contributed by atoms with van der Waals surface area (Å²) in [7, 11) is 0. The summed E-state index contributed by atoms with van der Waals surface area (Å²) in [6.07, 6.45) is 5.72. The molecule has 2 aliphatic rings. The molecule has 2 amide bonds. The van der Waals surface area contributed by atoms with Crippen molar-refractivity contribution in [2.75, 3.05) is 24.5 Å². The molecule has 144 valence electrons. The molecule has 1 aromatic heterocycles. The first kappa shape index (κ1) is 18.5. The van der Waals surface area contributed by atoms with E-state index in [9.17, 15) is 9.59 Å². The third-order valence-electron chi connectivity index (χ3n) is 5.76. The van der Waals surface area contributed by atoms with E-state index in [1.807, 2.05) is 18.2 Å². The summed E-state index contributed by atoms with van der Waals surface area (Å²) >= 11 is 0. The maximum Gasteiger partial charge on any atom is 0.266 e. The SMILES string of the molecule is CC[NH+]1CCC[C@@H]1CN=CC1C(=O)N(c2ccccn2)C(=O)c2ccccc21. The van der Waals surface area contributed by atoms with Gasteiger partial charge in [0.15, 0.2) is 0 Å². The lowest BCUT2D eigenvalue weighted by Crippen LogP contribution is -3.13. The van der Waals surface area contributed by atoms with Gasteiger partial charge < -0.3 is 4.90 Å². The summed E-state index contributed by atoms with van der Waals surface area (Å²) in [6, 6.07) is 13.0. The summed E-state index contributed by atoms with van der Waals surface area (Å²) in [6.45, 7) is 5.22. The molecule has 6 nitrogen and oxygen atoms in total. The molecule has 0 bridgehead atoms. The van der Waals surface area contributed by atoms with Gasteiger partial charge in [-0.05, 0) is 30.7 Å². The van der Waals surface area contributed by atoms with Gasteiger partial charge in [-0.1, -0.05) is 24.3 Å². The van der Waals surface area contributed by atoms with Gasteiger partial charge in [0.05, 0.1) is 25.6 Å². The van der Waals surface area contributed by atoms with E-state index in [-0.39, 0.29) is 11.8 Å². The molecule has 3 atom stereocenters. The number of quaternary nitrogens is 1. The number of imide groups is 1. The third kappa shape index (κ3) is 3.36. The van der Waals surface area contributed by atoms with E-state index in [0.717, 1.165) is 12.1 Å². The molecule has 1 N–H and O–H groups in total. The lowest BCUT2D eigenvalue weighted by atomic mass is 9.89. The first-order valence-electron chi connectivity index (χ1n) is 9.93. The lowest BCUT2D eigenvalue weighted by molar-refractivity contribution is -0.908. The monoisotopic (exact) mass is 377 g/mol. The zero-order valence-electron chi connectivity index (χ0n) is 16.0. The van der Waals surface area contributed by atoms with Crippen LogP contribution in [0.2, 0.25) is 0 Å². The average molecular weight is 377 g/mol.